The number of aromatic amines is 1. The minimum Gasteiger partial charge on any atom is -0.381 e. The van der Waals surface area contributed by atoms with Gasteiger partial charge in [-0.1, -0.05) is 24.5 Å². The highest BCUT2D eigenvalue weighted by atomic mass is 16.5. The van der Waals surface area contributed by atoms with Gasteiger partial charge in [-0.3, -0.25) is 9.79 Å². The monoisotopic (exact) mass is 512 g/mol. The fraction of sp³-hybridized carbons (Fsp3) is 0.400. The molecule has 0 spiro atoms. The van der Waals surface area contributed by atoms with Gasteiger partial charge in [0, 0.05) is 48.8 Å². The second-order valence-electron chi connectivity index (χ2n) is 10.2. The van der Waals surface area contributed by atoms with Crippen molar-refractivity contribution in [2.75, 3.05) is 25.1 Å². The molecule has 198 valence electrons. The number of benzene rings is 1. The molecule has 1 amide bonds. The highest BCUT2D eigenvalue weighted by Crippen LogP contribution is 2.27. The van der Waals surface area contributed by atoms with Crippen molar-refractivity contribution >= 4 is 40.4 Å². The number of carbonyl (C=O) groups is 1. The fourth-order valence-corrected chi connectivity index (χ4v) is 4.99. The lowest BCUT2D eigenvalue weighted by Gasteiger charge is -2.21. The summed E-state index contributed by atoms with van der Waals surface area (Å²) in [6, 6.07) is 7.81. The summed E-state index contributed by atoms with van der Waals surface area (Å²) in [6.45, 7) is 6.58. The number of amides is 1. The van der Waals surface area contributed by atoms with Gasteiger partial charge in [-0.15, -0.1) is 0 Å². The van der Waals surface area contributed by atoms with Crippen molar-refractivity contribution in [2.24, 2.45) is 10.9 Å². The smallest absolute Gasteiger partial charge is 0.267 e. The van der Waals surface area contributed by atoms with Crippen molar-refractivity contribution < 1.29 is 9.53 Å². The van der Waals surface area contributed by atoms with Gasteiger partial charge in [0.25, 0.3) is 5.91 Å². The number of allylic oxidation sites excluding steroid dienone is 3. The Morgan fingerprint density at radius 3 is 2.89 bits per heavy atom. The maximum atomic E-state index is 12.8. The van der Waals surface area contributed by atoms with Crippen molar-refractivity contribution in [3.63, 3.8) is 0 Å². The molecule has 1 fully saturated rings. The summed E-state index contributed by atoms with van der Waals surface area (Å²) >= 11 is 0. The van der Waals surface area contributed by atoms with Gasteiger partial charge in [0.2, 0.25) is 5.95 Å². The molecule has 2 aliphatic heterocycles. The molecule has 0 atom stereocenters. The van der Waals surface area contributed by atoms with Crippen LogP contribution in [-0.4, -0.2) is 46.8 Å². The standard InChI is InChI=1S/C30H36N6O2/c1-20-6-7-25(31-13-8-20)26-9-14-33-30(36-26)34-24-17-21(2)28-23(18-24)19-27(35-28)29(37)32-12-4-3-5-22-10-15-38-16-11-22/h7-9,13-14,17-19,22,35H,3-6,10-12,15-16H2,1-2H3,(H,32,37)(H,33,34,36). The SMILES string of the molecule is CC1=CC=NC(c2ccnc(Nc3cc(C)c4[nH]c(C(=O)NCCCCC5CCOCC5)cc4c3)n2)=CC1. The zero-order chi connectivity index (χ0) is 26.3. The van der Waals surface area contributed by atoms with Crippen LogP contribution in [0.25, 0.3) is 16.6 Å². The number of fused-ring (bicyclic) bond motifs is 1. The van der Waals surface area contributed by atoms with Crippen LogP contribution in [0.2, 0.25) is 0 Å². The van der Waals surface area contributed by atoms with E-state index in [2.05, 4.69) is 43.6 Å². The van der Waals surface area contributed by atoms with Gasteiger partial charge < -0.3 is 20.4 Å². The van der Waals surface area contributed by atoms with E-state index in [9.17, 15) is 4.79 Å². The first-order valence-electron chi connectivity index (χ1n) is 13.5. The molecular weight excluding hydrogens is 476 g/mol. The number of aliphatic imine (C=N–C) groups is 1. The third-order valence-corrected chi connectivity index (χ3v) is 7.20. The second-order valence-corrected chi connectivity index (χ2v) is 10.2. The summed E-state index contributed by atoms with van der Waals surface area (Å²) < 4.78 is 5.43. The van der Waals surface area contributed by atoms with Gasteiger partial charge in [-0.25, -0.2) is 9.97 Å². The lowest BCUT2D eigenvalue weighted by molar-refractivity contribution is 0.0631. The van der Waals surface area contributed by atoms with Crippen LogP contribution in [0.1, 0.15) is 67.2 Å². The van der Waals surface area contributed by atoms with E-state index >= 15 is 0 Å². The number of aromatic nitrogens is 3. The average Bonchev–Trinajstić information content (AvgIpc) is 3.24. The molecule has 5 rings (SSSR count). The van der Waals surface area contributed by atoms with Crippen molar-refractivity contribution in [1.29, 1.82) is 0 Å². The van der Waals surface area contributed by atoms with Gasteiger partial charge in [-0.05, 0) is 81.4 Å². The van der Waals surface area contributed by atoms with E-state index < -0.39 is 0 Å². The van der Waals surface area contributed by atoms with E-state index in [1.54, 1.807) is 6.20 Å². The molecule has 0 aliphatic carbocycles. The zero-order valence-electron chi connectivity index (χ0n) is 22.2. The molecule has 4 heterocycles. The molecule has 0 unspecified atom stereocenters. The largest absolute Gasteiger partial charge is 0.381 e. The molecule has 8 nitrogen and oxygen atoms in total. The molecule has 1 aromatic carbocycles. The maximum absolute atomic E-state index is 12.8. The Morgan fingerprint density at radius 1 is 1.16 bits per heavy atom. The van der Waals surface area contributed by atoms with E-state index in [-0.39, 0.29) is 5.91 Å². The molecule has 38 heavy (non-hydrogen) atoms. The van der Waals surface area contributed by atoms with Gasteiger partial charge in [0.1, 0.15) is 5.69 Å². The van der Waals surface area contributed by atoms with Crippen molar-refractivity contribution in [3.8, 4) is 0 Å². The van der Waals surface area contributed by atoms with Crippen LogP contribution in [0.15, 0.2) is 53.2 Å². The summed E-state index contributed by atoms with van der Waals surface area (Å²) in [5, 5.41) is 7.35. The number of hydrogen-bond donors (Lipinski definition) is 3. The maximum Gasteiger partial charge on any atom is 0.267 e. The predicted molar refractivity (Wildman–Crippen MR) is 153 cm³/mol. The van der Waals surface area contributed by atoms with Gasteiger partial charge >= 0.3 is 0 Å². The lowest BCUT2D eigenvalue weighted by atomic mass is 9.94. The van der Waals surface area contributed by atoms with Crippen LogP contribution in [0.4, 0.5) is 11.6 Å². The molecule has 0 bridgehead atoms. The third kappa shape index (κ3) is 6.55. The first-order chi connectivity index (χ1) is 18.5. The molecule has 0 saturated carbocycles. The van der Waals surface area contributed by atoms with Crippen LogP contribution < -0.4 is 10.6 Å². The number of nitrogens with zero attached hydrogens (tertiary/aromatic N) is 3. The Hall–Kier alpha value is -3.78. The van der Waals surface area contributed by atoms with Crippen LogP contribution >= 0.6 is 0 Å². The Bertz CT molecular complexity index is 1380. The van der Waals surface area contributed by atoms with Crippen LogP contribution in [0.3, 0.4) is 0 Å². The number of ether oxygens (including phenoxy) is 1. The van der Waals surface area contributed by atoms with Crippen molar-refractivity contribution in [1.82, 2.24) is 20.3 Å². The van der Waals surface area contributed by atoms with Gasteiger partial charge in [0.15, 0.2) is 0 Å². The molecule has 2 aliphatic rings. The summed E-state index contributed by atoms with van der Waals surface area (Å²) in [6.07, 6.45) is 14.2. The van der Waals surface area contributed by atoms with E-state index in [0.717, 1.165) is 71.9 Å². The van der Waals surface area contributed by atoms with E-state index in [1.165, 1.54) is 24.8 Å². The highest BCUT2D eigenvalue weighted by molar-refractivity contribution is 5.99. The van der Waals surface area contributed by atoms with Crippen LogP contribution in [0.5, 0.6) is 0 Å². The lowest BCUT2D eigenvalue weighted by Crippen LogP contribution is -2.25. The molecular formula is C30H36N6O2. The normalized spacial score (nSPS) is 16.2. The second kappa shape index (κ2) is 12.2. The molecule has 1 saturated heterocycles. The van der Waals surface area contributed by atoms with Crippen LogP contribution in [0, 0.1) is 12.8 Å². The number of carbonyl (C=O) groups excluding carboxylic acids is 1. The Labute approximate surface area is 223 Å². The Balaban J connectivity index is 1.20. The zero-order valence-corrected chi connectivity index (χ0v) is 22.2. The molecule has 2 aromatic heterocycles. The number of hydrogen-bond acceptors (Lipinski definition) is 6. The number of rotatable bonds is 9. The topological polar surface area (TPSA) is 104 Å². The number of H-pyrrole nitrogens is 1. The summed E-state index contributed by atoms with van der Waals surface area (Å²) in [5.74, 6) is 1.20. The predicted octanol–water partition coefficient (Wildman–Crippen LogP) is 6.10. The number of nitrogens with one attached hydrogen (secondary N) is 3. The third-order valence-electron chi connectivity index (χ3n) is 7.20. The number of anilines is 2. The highest BCUT2D eigenvalue weighted by Gasteiger charge is 2.14. The first kappa shape index (κ1) is 25.9. The van der Waals surface area contributed by atoms with Crippen molar-refractivity contribution in [2.45, 2.75) is 52.4 Å². The van der Waals surface area contributed by atoms with E-state index in [0.29, 0.717) is 18.2 Å². The van der Waals surface area contributed by atoms with Crippen molar-refractivity contribution in [3.05, 3.63) is 65.1 Å². The van der Waals surface area contributed by atoms with Gasteiger partial charge in [-0.2, -0.15) is 0 Å². The minimum absolute atomic E-state index is 0.0702. The summed E-state index contributed by atoms with van der Waals surface area (Å²) in [7, 11) is 0. The minimum atomic E-state index is -0.0702. The number of unbranched alkanes of at least 4 members (excludes halogenated alkanes) is 1. The van der Waals surface area contributed by atoms with Gasteiger partial charge in [0.05, 0.1) is 11.4 Å². The fourth-order valence-electron chi connectivity index (χ4n) is 4.99. The summed E-state index contributed by atoms with van der Waals surface area (Å²) in [4.78, 5) is 29.7. The average molecular weight is 513 g/mol. The Morgan fingerprint density at radius 2 is 2.03 bits per heavy atom. The quantitative estimate of drug-likeness (QED) is 0.301. The summed E-state index contributed by atoms with van der Waals surface area (Å²) in [5.41, 5.74) is 6.29. The number of aryl methyl sites for hydroxylation is 1. The molecule has 8 heteroatoms. The van der Waals surface area contributed by atoms with Crippen LogP contribution in [-0.2, 0) is 4.74 Å². The van der Waals surface area contributed by atoms with E-state index in [4.69, 9.17) is 4.74 Å². The molecule has 3 aromatic rings. The molecule has 0 radical (unpaired) electrons. The van der Waals surface area contributed by atoms with E-state index in [1.807, 2.05) is 43.5 Å². The first-order valence-corrected chi connectivity index (χ1v) is 13.5. The Kier molecular flexibility index (Phi) is 8.28. The molecule has 3 N–H and O–H groups in total.